The average Bonchev–Trinajstić information content (AvgIpc) is 2.21. The standard InChI is InChI=1S/C12H16P2/c1-13-7-12-10-6-4-3-5-9(10)11(13)8-14(12)2/h3-6,11-12H,7-8H2,1-2H3. The molecule has 14 heavy (non-hydrogen) atoms. The maximum Gasteiger partial charge on any atom is 0.00819 e. The summed E-state index contributed by atoms with van der Waals surface area (Å²) in [4.78, 5) is 0. The number of fused-ring (bicyclic) bond motifs is 2. The Balaban J connectivity index is 2.15. The molecule has 74 valence electrons. The van der Waals surface area contributed by atoms with E-state index in [1.165, 1.54) is 12.3 Å². The lowest BCUT2D eigenvalue weighted by Crippen LogP contribution is -2.24. The second-order valence-electron chi connectivity index (χ2n) is 4.54. The molecule has 3 heterocycles. The SMILES string of the molecule is CP1CC2c3ccccc3C1CP2C. The molecule has 0 aliphatic carbocycles. The molecule has 2 bridgehead atoms. The second kappa shape index (κ2) is 3.29. The zero-order valence-corrected chi connectivity index (χ0v) is 10.6. The van der Waals surface area contributed by atoms with Gasteiger partial charge in [0.25, 0.3) is 0 Å². The van der Waals surface area contributed by atoms with Crippen molar-refractivity contribution in [3.63, 3.8) is 0 Å². The van der Waals surface area contributed by atoms with Gasteiger partial charge >= 0.3 is 0 Å². The van der Waals surface area contributed by atoms with Gasteiger partial charge < -0.3 is 0 Å². The molecule has 0 spiro atoms. The molecule has 0 saturated carbocycles. The molecular formula is C12H16P2. The van der Waals surface area contributed by atoms with Crippen LogP contribution in [0.15, 0.2) is 24.3 Å². The van der Waals surface area contributed by atoms with Gasteiger partial charge in [-0.2, -0.15) is 0 Å². The van der Waals surface area contributed by atoms with Crippen molar-refractivity contribution in [3.05, 3.63) is 35.4 Å². The Kier molecular flexibility index (Phi) is 2.19. The molecule has 0 N–H and O–H groups in total. The number of hydrogen-bond acceptors (Lipinski definition) is 0. The van der Waals surface area contributed by atoms with Crippen molar-refractivity contribution in [1.29, 1.82) is 0 Å². The molecule has 1 aromatic carbocycles. The average molecular weight is 222 g/mol. The monoisotopic (exact) mass is 222 g/mol. The lowest BCUT2D eigenvalue weighted by atomic mass is 10.0. The Morgan fingerprint density at radius 2 is 1.36 bits per heavy atom. The minimum Gasteiger partial charge on any atom is -0.101 e. The Morgan fingerprint density at radius 1 is 0.929 bits per heavy atom. The second-order valence-corrected chi connectivity index (χ2v) is 9.54. The van der Waals surface area contributed by atoms with E-state index >= 15 is 0 Å². The van der Waals surface area contributed by atoms with Crippen molar-refractivity contribution in [2.75, 3.05) is 25.7 Å². The van der Waals surface area contributed by atoms with Crippen LogP contribution in [0.25, 0.3) is 0 Å². The van der Waals surface area contributed by atoms with Gasteiger partial charge in [0.05, 0.1) is 0 Å². The molecule has 0 radical (unpaired) electrons. The lowest BCUT2D eigenvalue weighted by molar-refractivity contribution is 0.892. The fraction of sp³-hybridized carbons (Fsp3) is 0.500. The van der Waals surface area contributed by atoms with E-state index in [4.69, 9.17) is 0 Å². The van der Waals surface area contributed by atoms with Crippen molar-refractivity contribution in [2.24, 2.45) is 0 Å². The largest absolute Gasteiger partial charge is 0.101 e. The topological polar surface area (TPSA) is 0 Å². The van der Waals surface area contributed by atoms with E-state index in [0.29, 0.717) is 15.8 Å². The highest BCUT2D eigenvalue weighted by Crippen LogP contribution is 2.72. The highest BCUT2D eigenvalue weighted by atomic mass is 31.1. The van der Waals surface area contributed by atoms with Crippen LogP contribution in [0, 0.1) is 0 Å². The molecule has 0 amide bonds. The Hall–Kier alpha value is 0.0800. The van der Waals surface area contributed by atoms with Crippen LogP contribution < -0.4 is 0 Å². The molecule has 4 unspecified atom stereocenters. The van der Waals surface area contributed by atoms with Crippen LogP contribution in [0.1, 0.15) is 22.4 Å². The highest BCUT2D eigenvalue weighted by Gasteiger charge is 2.40. The summed E-state index contributed by atoms with van der Waals surface area (Å²) in [5.74, 6) is 0. The first-order chi connectivity index (χ1) is 6.77. The Bertz CT molecular complexity index is 326. The van der Waals surface area contributed by atoms with Crippen molar-refractivity contribution >= 4 is 15.8 Å². The molecule has 0 aromatic heterocycles. The van der Waals surface area contributed by atoms with Gasteiger partial charge in [-0.25, -0.2) is 0 Å². The summed E-state index contributed by atoms with van der Waals surface area (Å²) in [6.45, 7) is 5.01. The zero-order chi connectivity index (χ0) is 9.71. The molecule has 1 fully saturated rings. The number of hydrogen-bond donors (Lipinski definition) is 0. The normalized spacial score (nSPS) is 39.6. The number of benzene rings is 1. The van der Waals surface area contributed by atoms with Gasteiger partial charge in [0, 0.05) is 11.3 Å². The van der Waals surface area contributed by atoms with E-state index < -0.39 is 0 Å². The van der Waals surface area contributed by atoms with Gasteiger partial charge in [0.1, 0.15) is 0 Å². The zero-order valence-electron chi connectivity index (χ0n) is 8.77. The predicted octanol–water partition coefficient (Wildman–Crippen LogP) is 4.02. The molecule has 4 rings (SSSR count). The quantitative estimate of drug-likeness (QED) is 0.581. The van der Waals surface area contributed by atoms with Crippen LogP contribution in [0.2, 0.25) is 0 Å². The molecule has 1 saturated heterocycles. The molecule has 2 heteroatoms. The Morgan fingerprint density at radius 3 is 1.79 bits per heavy atom. The third-order valence-corrected chi connectivity index (χ3v) is 9.21. The fourth-order valence-corrected chi connectivity index (χ4v) is 10.1. The molecule has 0 nitrogen and oxygen atoms in total. The van der Waals surface area contributed by atoms with Gasteiger partial charge in [0.15, 0.2) is 0 Å². The van der Waals surface area contributed by atoms with Crippen molar-refractivity contribution in [2.45, 2.75) is 11.3 Å². The summed E-state index contributed by atoms with van der Waals surface area (Å²) in [6, 6.07) is 9.21. The molecular weight excluding hydrogens is 206 g/mol. The summed E-state index contributed by atoms with van der Waals surface area (Å²) in [6.07, 6.45) is 3.03. The first-order valence-corrected chi connectivity index (χ1v) is 9.35. The summed E-state index contributed by atoms with van der Waals surface area (Å²) >= 11 is 0. The minimum absolute atomic E-state index is 0.298. The summed E-state index contributed by atoms with van der Waals surface area (Å²) in [7, 11) is 0.595. The first kappa shape index (κ1) is 9.32. The van der Waals surface area contributed by atoms with E-state index in [9.17, 15) is 0 Å². The lowest BCUT2D eigenvalue weighted by Gasteiger charge is -2.47. The van der Waals surface area contributed by atoms with E-state index in [0.717, 1.165) is 11.3 Å². The van der Waals surface area contributed by atoms with Gasteiger partial charge in [-0.15, -0.1) is 15.8 Å². The molecule has 4 atom stereocenters. The van der Waals surface area contributed by atoms with Crippen LogP contribution in [0.3, 0.4) is 0 Å². The Labute approximate surface area is 88.6 Å². The van der Waals surface area contributed by atoms with Gasteiger partial charge in [-0.1, -0.05) is 24.3 Å². The summed E-state index contributed by atoms with van der Waals surface area (Å²) < 4.78 is 0. The molecule has 3 aliphatic rings. The van der Waals surface area contributed by atoms with Crippen LogP contribution in [0.4, 0.5) is 0 Å². The fourth-order valence-electron chi connectivity index (χ4n) is 2.87. The van der Waals surface area contributed by atoms with Crippen LogP contribution in [-0.4, -0.2) is 25.7 Å². The summed E-state index contributed by atoms with van der Waals surface area (Å²) in [5.41, 5.74) is 5.31. The van der Waals surface area contributed by atoms with Crippen molar-refractivity contribution < 1.29 is 0 Å². The van der Waals surface area contributed by atoms with Crippen LogP contribution in [0.5, 0.6) is 0 Å². The van der Waals surface area contributed by atoms with Crippen LogP contribution >= 0.6 is 15.8 Å². The van der Waals surface area contributed by atoms with Gasteiger partial charge in [0.2, 0.25) is 0 Å². The van der Waals surface area contributed by atoms with E-state index in [1.54, 1.807) is 11.1 Å². The number of rotatable bonds is 0. The van der Waals surface area contributed by atoms with Crippen molar-refractivity contribution in [3.8, 4) is 0 Å². The first-order valence-electron chi connectivity index (χ1n) is 5.26. The van der Waals surface area contributed by atoms with Gasteiger partial charge in [-0.05, 0) is 36.8 Å². The molecule has 3 aliphatic heterocycles. The minimum atomic E-state index is 0.298. The summed E-state index contributed by atoms with van der Waals surface area (Å²) in [5, 5.41) is 0. The smallest absolute Gasteiger partial charge is 0.00819 e. The maximum atomic E-state index is 2.51. The third kappa shape index (κ3) is 1.21. The van der Waals surface area contributed by atoms with Gasteiger partial charge in [-0.3, -0.25) is 0 Å². The molecule has 1 aromatic rings. The van der Waals surface area contributed by atoms with E-state index in [2.05, 4.69) is 37.6 Å². The maximum absolute atomic E-state index is 2.51. The van der Waals surface area contributed by atoms with Crippen LogP contribution in [-0.2, 0) is 0 Å². The van der Waals surface area contributed by atoms with Crippen molar-refractivity contribution in [1.82, 2.24) is 0 Å². The van der Waals surface area contributed by atoms with E-state index in [1.807, 2.05) is 0 Å². The van der Waals surface area contributed by atoms with E-state index in [-0.39, 0.29) is 0 Å². The predicted molar refractivity (Wildman–Crippen MR) is 67.3 cm³/mol. The highest BCUT2D eigenvalue weighted by molar-refractivity contribution is 7.65. The third-order valence-electron chi connectivity index (χ3n) is 3.70.